The molecular weight excluding hydrogens is 246 g/mol. The Labute approximate surface area is 90.7 Å². The van der Waals surface area contributed by atoms with Gasteiger partial charge in [-0.3, -0.25) is 0 Å². The molecule has 1 saturated carbocycles. The third-order valence-electron chi connectivity index (χ3n) is 2.88. The van der Waals surface area contributed by atoms with Gasteiger partial charge in [-0.25, -0.2) is 0 Å². The van der Waals surface area contributed by atoms with Gasteiger partial charge in [-0.15, -0.1) is 0 Å². The van der Waals surface area contributed by atoms with E-state index in [4.69, 9.17) is 5.73 Å². The second-order valence-corrected chi connectivity index (χ2v) is 4.66. The highest BCUT2D eigenvalue weighted by atomic mass is 79.9. The lowest BCUT2D eigenvalue weighted by Gasteiger charge is -2.15. The molecule has 0 aliphatic heterocycles. The average molecular weight is 258 g/mol. The molecule has 0 amide bonds. The zero-order chi connectivity index (χ0) is 10.3. The fourth-order valence-electron chi connectivity index (χ4n) is 1.69. The largest absolute Gasteiger partial charge is 0.504 e. The smallest absolute Gasteiger partial charge is 0.158 e. The van der Waals surface area contributed by atoms with Gasteiger partial charge >= 0.3 is 0 Å². The zero-order valence-electron chi connectivity index (χ0n) is 7.63. The molecule has 2 rings (SSSR count). The van der Waals surface area contributed by atoms with Crippen LogP contribution < -0.4 is 5.73 Å². The van der Waals surface area contributed by atoms with Crippen molar-refractivity contribution in [2.45, 2.75) is 18.3 Å². The van der Waals surface area contributed by atoms with Crippen LogP contribution in [0.3, 0.4) is 0 Å². The first-order valence-corrected chi connectivity index (χ1v) is 5.30. The van der Waals surface area contributed by atoms with Gasteiger partial charge in [0, 0.05) is 16.4 Å². The predicted molar refractivity (Wildman–Crippen MR) is 57.4 cm³/mol. The SMILES string of the molecule is NCC1(c2cc(O)c(O)cc2Br)CC1. The Morgan fingerprint density at radius 3 is 2.36 bits per heavy atom. The summed E-state index contributed by atoms with van der Waals surface area (Å²) >= 11 is 3.37. The summed E-state index contributed by atoms with van der Waals surface area (Å²) in [5, 5.41) is 18.7. The maximum absolute atomic E-state index is 9.40. The molecule has 4 N–H and O–H groups in total. The number of hydrogen-bond acceptors (Lipinski definition) is 3. The molecule has 1 fully saturated rings. The number of benzene rings is 1. The van der Waals surface area contributed by atoms with Crippen LogP contribution in [-0.2, 0) is 5.41 Å². The zero-order valence-corrected chi connectivity index (χ0v) is 9.21. The van der Waals surface area contributed by atoms with Crippen LogP contribution in [0, 0.1) is 0 Å². The van der Waals surface area contributed by atoms with Gasteiger partial charge in [-0.1, -0.05) is 15.9 Å². The quantitative estimate of drug-likeness (QED) is 0.709. The van der Waals surface area contributed by atoms with E-state index in [2.05, 4.69) is 15.9 Å². The molecule has 1 aliphatic rings. The summed E-state index contributed by atoms with van der Waals surface area (Å²) in [4.78, 5) is 0. The molecule has 1 aliphatic carbocycles. The van der Waals surface area contributed by atoms with Crippen molar-refractivity contribution in [2.75, 3.05) is 6.54 Å². The maximum Gasteiger partial charge on any atom is 0.158 e. The second kappa shape index (κ2) is 3.14. The van der Waals surface area contributed by atoms with Gasteiger partial charge in [0.2, 0.25) is 0 Å². The van der Waals surface area contributed by atoms with E-state index in [1.807, 2.05) is 0 Å². The molecule has 1 aromatic rings. The van der Waals surface area contributed by atoms with Crippen molar-refractivity contribution in [3.05, 3.63) is 22.2 Å². The molecular formula is C10H12BrNO2. The molecule has 0 bridgehead atoms. The molecule has 0 saturated heterocycles. The summed E-state index contributed by atoms with van der Waals surface area (Å²) in [6, 6.07) is 3.11. The first-order chi connectivity index (χ1) is 6.59. The number of hydrogen-bond donors (Lipinski definition) is 3. The van der Waals surface area contributed by atoms with Crippen LogP contribution in [0.25, 0.3) is 0 Å². The summed E-state index contributed by atoms with van der Waals surface area (Å²) in [5.74, 6) is -0.184. The third-order valence-corrected chi connectivity index (χ3v) is 3.54. The van der Waals surface area contributed by atoms with Crippen molar-refractivity contribution in [1.82, 2.24) is 0 Å². The first kappa shape index (κ1) is 9.80. The first-order valence-electron chi connectivity index (χ1n) is 4.51. The van der Waals surface area contributed by atoms with E-state index in [1.54, 1.807) is 6.07 Å². The lowest BCUT2D eigenvalue weighted by molar-refractivity contribution is 0.402. The fourth-order valence-corrected chi connectivity index (χ4v) is 2.44. The lowest BCUT2D eigenvalue weighted by Crippen LogP contribution is -2.20. The van der Waals surface area contributed by atoms with Gasteiger partial charge in [-0.2, -0.15) is 0 Å². The Hall–Kier alpha value is -0.740. The average Bonchev–Trinajstić information content (AvgIpc) is 2.92. The van der Waals surface area contributed by atoms with Crippen LogP contribution in [0.1, 0.15) is 18.4 Å². The minimum Gasteiger partial charge on any atom is -0.504 e. The molecule has 0 heterocycles. The van der Waals surface area contributed by atoms with Gasteiger partial charge in [0.05, 0.1) is 0 Å². The standard InChI is InChI=1S/C10H12BrNO2/c11-7-4-9(14)8(13)3-6(7)10(5-12)1-2-10/h3-4,13-14H,1-2,5,12H2. The highest BCUT2D eigenvalue weighted by Gasteiger charge is 2.44. The Morgan fingerprint density at radius 1 is 1.29 bits per heavy atom. The molecule has 0 atom stereocenters. The molecule has 4 heteroatoms. The number of aromatic hydroxyl groups is 2. The summed E-state index contributed by atoms with van der Waals surface area (Å²) < 4.78 is 0.816. The Morgan fingerprint density at radius 2 is 1.86 bits per heavy atom. The highest BCUT2D eigenvalue weighted by Crippen LogP contribution is 2.51. The number of phenolic OH excluding ortho intramolecular Hbond substituents is 2. The predicted octanol–water partition coefficient (Wildman–Crippen LogP) is 1.85. The number of nitrogens with two attached hydrogens (primary N) is 1. The summed E-state index contributed by atoms with van der Waals surface area (Å²) in [6.45, 7) is 0.579. The Kier molecular flexibility index (Phi) is 2.20. The van der Waals surface area contributed by atoms with Crippen LogP contribution >= 0.6 is 15.9 Å². The van der Waals surface area contributed by atoms with Crippen molar-refractivity contribution in [3.63, 3.8) is 0 Å². The number of rotatable bonds is 2. The van der Waals surface area contributed by atoms with Crippen molar-refractivity contribution >= 4 is 15.9 Å². The maximum atomic E-state index is 9.40. The van der Waals surface area contributed by atoms with Crippen LogP contribution in [0.2, 0.25) is 0 Å². The Balaban J connectivity index is 2.49. The van der Waals surface area contributed by atoms with Gasteiger partial charge in [0.25, 0.3) is 0 Å². The van der Waals surface area contributed by atoms with Crippen molar-refractivity contribution in [1.29, 1.82) is 0 Å². The van der Waals surface area contributed by atoms with Crippen LogP contribution in [-0.4, -0.2) is 16.8 Å². The molecule has 76 valence electrons. The van der Waals surface area contributed by atoms with E-state index in [0.717, 1.165) is 22.9 Å². The highest BCUT2D eigenvalue weighted by molar-refractivity contribution is 9.10. The summed E-state index contributed by atoms with van der Waals surface area (Å²) in [7, 11) is 0. The number of phenols is 2. The lowest BCUT2D eigenvalue weighted by atomic mass is 9.96. The molecule has 0 radical (unpaired) electrons. The monoisotopic (exact) mass is 257 g/mol. The topological polar surface area (TPSA) is 66.5 Å². The van der Waals surface area contributed by atoms with E-state index in [-0.39, 0.29) is 16.9 Å². The molecule has 1 aromatic carbocycles. The third kappa shape index (κ3) is 1.38. The number of halogens is 1. The minimum absolute atomic E-state index is 0.0179. The van der Waals surface area contributed by atoms with E-state index < -0.39 is 0 Å². The summed E-state index contributed by atoms with van der Waals surface area (Å²) in [5.41, 5.74) is 6.71. The van der Waals surface area contributed by atoms with Crippen molar-refractivity contribution < 1.29 is 10.2 Å². The second-order valence-electron chi connectivity index (χ2n) is 3.81. The normalized spacial score (nSPS) is 18.1. The molecule has 0 aromatic heterocycles. The van der Waals surface area contributed by atoms with Gasteiger partial charge in [0.1, 0.15) is 0 Å². The van der Waals surface area contributed by atoms with Gasteiger partial charge in [0.15, 0.2) is 11.5 Å². The van der Waals surface area contributed by atoms with Crippen LogP contribution in [0.4, 0.5) is 0 Å². The summed E-state index contributed by atoms with van der Waals surface area (Å²) in [6.07, 6.45) is 2.10. The van der Waals surface area contributed by atoms with Gasteiger partial charge < -0.3 is 15.9 Å². The molecule has 0 spiro atoms. The van der Waals surface area contributed by atoms with E-state index in [0.29, 0.717) is 6.54 Å². The van der Waals surface area contributed by atoms with Crippen LogP contribution in [0.15, 0.2) is 16.6 Å². The minimum atomic E-state index is -0.103. The van der Waals surface area contributed by atoms with E-state index in [9.17, 15) is 10.2 Å². The van der Waals surface area contributed by atoms with Crippen molar-refractivity contribution in [3.8, 4) is 11.5 Å². The van der Waals surface area contributed by atoms with E-state index in [1.165, 1.54) is 6.07 Å². The molecule has 0 unspecified atom stereocenters. The van der Waals surface area contributed by atoms with Crippen LogP contribution in [0.5, 0.6) is 11.5 Å². The fraction of sp³-hybridized carbons (Fsp3) is 0.400. The van der Waals surface area contributed by atoms with Crippen molar-refractivity contribution in [2.24, 2.45) is 5.73 Å². The van der Waals surface area contributed by atoms with E-state index >= 15 is 0 Å². The molecule has 3 nitrogen and oxygen atoms in total. The Bertz CT molecular complexity index is 375. The van der Waals surface area contributed by atoms with Gasteiger partial charge in [-0.05, 0) is 30.5 Å². The molecule has 14 heavy (non-hydrogen) atoms.